The summed E-state index contributed by atoms with van der Waals surface area (Å²) in [6, 6.07) is 9.54. The summed E-state index contributed by atoms with van der Waals surface area (Å²) in [6.07, 6.45) is -3.96. The Kier molecular flexibility index (Phi) is 10.7. The molecule has 1 fully saturated rings. The molecule has 0 aliphatic carbocycles. The monoisotopic (exact) mass is 587 g/mol. The van der Waals surface area contributed by atoms with Crippen molar-refractivity contribution in [3.63, 3.8) is 0 Å². The van der Waals surface area contributed by atoms with Gasteiger partial charge in [-0.2, -0.15) is 17.5 Å². The molecular formula is C27H33F4N3O5S. The quantitative estimate of drug-likeness (QED) is 0.374. The van der Waals surface area contributed by atoms with Crippen LogP contribution in [0.5, 0.6) is 0 Å². The fourth-order valence-electron chi connectivity index (χ4n) is 4.58. The van der Waals surface area contributed by atoms with Gasteiger partial charge in [0.1, 0.15) is 5.82 Å². The van der Waals surface area contributed by atoms with Gasteiger partial charge >= 0.3 is 6.18 Å². The van der Waals surface area contributed by atoms with Crippen LogP contribution >= 0.6 is 0 Å². The number of amides is 2. The van der Waals surface area contributed by atoms with E-state index in [4.69, 9.17) is 4.74 Å². The van der Waals surface area contributed by atoms with Gasteiger partial charge in [-0.25, -0.2) is 12.8 Å². The lowest BCUT2D eigenvalue weighted by Crippen LogP contribution is -2.51. The Morgan fingerprint density at radius 3 is 2.35 bits per heavy atom. The zero-order valence-electron chi connectivity index (χ0n) is 22.4. The van der Waals surface area contributed by atoms with Gasteiger partial charge in [-0.15, -0.1) is 0 Å². The van der Waals surface area contributed by atoms with E-state index < -0.39 is 52.0 Å². The third-order valence-electron chi connectivity index (χ3n) is 6.81. The molecule has 1 saturated heterocycles. The molecular weight excluding hydrogens is 554 g/mol. The van der Waals surface area contributed by atoms with Crippen molar-refractivity contribution in [2.75, 3.05) is 45.6 Å². The third kappa shape index (κ3) is 8.24. The normalized spacial score (nSPS) is 14.9. The number of piperidine rings is 1. The number of halogens is 4. The van der Waals surface area contributed by atoms with Gasteiger partial charge in [-0.1, -0.05) is 18.2 Å². The number of hydrogen-bond donors (Lipinski definition) is 0. The first kappa shape index (κ1) is 31.5. The van der Waals surface area contributed by atoms with E-state index in [2.05, 4.69) is 0 Å². The maximum Gasteiger partial charge on any atom is 0.416 e. The highest BCUT2D eigenvalue weighted by Crippen LogP contribution is 2.30. The Morgan fingerprint density at radius 2 is 1.75 bits per heavy atom. The smallest absolute Gasteiger partial charge is 0.383 e. The highest BCUT2D eigenvalue weighted by molar-refractivity contribution is 7.89. The van der Waals surface area contributed by atoms with Crippen molar-refractivity contribution < 1.29 is 40.3 Å². The SMILES string of the molecule is CCS(=O)(=O)N(CCOC)CC(=O)N(Cc1cccc(F)c1)C1CCN(C(=O)c2cccc(C(F)(F)F)c2)CC1. The lowest BCUT2D eigenvalue weighted by atomic mass is 10.0. The van der Waals surface area contributed by atoms with E-state index in [1.54, 1.807) is 6.07 Å². The fraction of sp³-hybridized carbons (Fsp3) is 0.481. The minimum absolute atomic E-state index is 0.0177. The summed E-state index contributed by atoms with van der Waals surface area (Å²) in [6.45, 7) is 1.48. The van der Waals surface area contributed by atoms with Crippen LogP contribution in [0, 0.1) is 5.82 Å². The molecule has 13 heteroatoms. The van der Waals surface area contributed by atoms with Crippen molar-refractivity contribution >= 4 is 21.8 Å². The number of carbonyl (C=O) groups is 2. The Morgan fingerprint density at radius 1 is 1.07 bits per heavy atom. The van der Waals surface area contributed by atoms with Crippen molar-refractivity contribution in [1.82, 2.24) is 14.1 Å². The number of carbonyl (C=O) groups excluding carboxylic acids is 2. The molecule has 2 aromatic rings. The summed E-state index contributed by atoms with van der Waals surface area (Å²) in [5.41, 5.74) is -0.489. The van der Waals surface area contributed by atoms with Crippen molar-refractivity contribution in [3.8, 4) is 0 Å². The van der Waals surface area contributed by atoms with Crippen LogP contribution in [0.25, 0.3) is 0 Å². The predicted octanol–water partition coefficient (Wildman–Crippen LogP) is 3.78. The maximum atomic E-state index is 13.9. The number of hydrogen-bond acceptors (Lipinski definition) is 5. The molecule has 1 heterocycles. The lowest BCUT2D eigenvalue weighted by molar-refractivity contribution is -0.137. The second kappa shape index (κ2) is 13.6. The molecule has 0 aromatic heterocycles. The summed E-state index contributed by atoms with van der Waals surface area (Å²) in [5.74, 6) is -1.72. The molecule has 3 rings (SSSR count). The molecule has 8 nitrogen and oxygen atoms in total. The summed E-state index contributed by atoms with van der Waals surface area (Å²) in [7, 11) is -2.30. The van der Waals surface area contributed by atoms with Gasteiger partial charge < -0.3 is 14.5 Å². The van der Waals surface area contributed by atoms with Gasteiger partial charge in [0, 0.05) is 44.9 Å². The van der Waals surface area contributed by atoms with Gasteiger partial charge in [0.15, 0.2) is 0 Å². The van der Waals surface area contributed by atoms with Crippen LogP contribution in [0.4, 0.5) is 17.6 Å². The second-order valence-electron chi connectivity index (χ2n) is 9.48. The Balaban J connectivity index is 1.78. The van der Waals surface area contributed by atoms with Crippen LogP contribution in [0.3, 0.4) is 0 Å². The van der Waals surface area contributed by atoms with E-state index >= 15 is 0 Å². The number of likely N-dealkylation sites (tertiary alicyclic amines) is 1. The maximum absolute atomic E-state index is 13.9. The molecule has 220 valence electrons. The molecule has 2 amide bonds. The Hall–Kier alpha value is -3.03. The van der Waals surface area contributed by atoms with Gasteiger partial charge in [0.25, 0.3) is 5.91 Å². The Labute approximate surface area is 231 Å². The van der Waals surface area contributed by atoms with Crippen LogP contribution in [0.2, 0.25) is 0 Å². The number of benzene rings is 2. The summed E-state index contributed by atoms with van der Waals surface area (Å²) < 4.78 is 84.5. The molecule has 0 spiro atoms. The van der Waals surface area contributed by atoms with Crippen LogP contribution in [-0.2, 0) is 32.3 Å². The molecule has 1 aliphatic rings. The van der Waals surface area contributed by atoms with Gasteiger partial charge in [0.05, 0.1) is 24.5 Å². The predicted molar refractivity (Wildman–Crippen MR) is 140 cm³/mol. The largest absolute Gasteiger partial charge is 0.416 e. The number of ether oxygens (including phenoxy) is 1. The van der Waals surface area contributed by atoms with Crippen LogP contribution < -0.4 is 0 Å². The average Bonchev–Trinajstić information content (AvgIpc) is 2.93. The zero-order valence-corrected chi connectivity index (χ0v) is 23.2. The molecule has 0 bridgehead atoms. The van der Waals surface area contributed by atoms with E-state index in [-0.39, 0.29) is 44.1 Å². The molecule has 0 unspecified atom stereocenters. The molecule has 0 N–H and O–H groups in total. The molecule has 2 aromatic carbocycles. The first-order valence-electron chi connectivity index (χ1n) is 12.8. The van der Waals surface area contributed by atoms with Crippen LogP contribution in [-0.4, -0.2) is 86.0 Å². The highest BCUT2D eigenvalue weighted by Gasteiger charge is 2.34. The molecule has 1 aliphatic heterocycles. The van der Waals surface area contributed by atoms with Gasteiger partial charge in [-0.3, -0.25) is 9.59 Å². The highest BCUT2D eigenvalue weighted by atomic mass is 32.2. The van der Waals surface area contributed by atoms with E-state index in [9.17, 15) is 35.6 Å². The van der Waals surface area contributed by atoms with Gasteiger partial charge in [-0.05, 0) is 55.7 Å². The Bertz CT molecular complexity index is 1280. The minimum Gasteiger partial charge on any atom is -0.383 e. The first-order chi connectivity index (χ1) is 18.9. The number of sulfonamides is 1. The van der Waals surface area contributed by atoms with Crippen LogP contribution in [0.1, 0.15) is 41.3 Å². The average molecular weight is 588 g/mol. The lowest BCUT2D eigenvalue weighted by Gasteiger charge is -2.39. The van der Waals surface area contributed by atoms with Crippen molar-refractivity contribution in [2.24, 2.45) is 0 Å². The number of alkyl halides is 3. The molecule has 0 saturated carbocycles. The number of methoxy groups -OCH3 is 1. The first-order valence-corrected chi connectivity index (χ1v) is 14.4. The number of rotatable bonds is 11. The molecule has 0 atom stereocenters. The van der Waals surface area contributed by atoms with Crippen molar-refractivity contribution in [3.05, 3.63) is 71.0 Å². The molecule has 0 radical (unpaired) electrons. The van der Waals surface area contributed by atoms with Crippen LogP contribution in [0.15, 0.2) is 48.5 Å². The van der Waals surface area contributed by atoms with E-state index in [0.29, 0.717) is 18.4 Å². The molecule has 40 heavy (non-hydrogen) atoms. The number of nitrogens with zero attached hydrogens (tertiary/aromatic N) is 3. The second-order valence-corrected chi connectivity index (χ2v) is 11.7. The minimum atomic E-state index is -4.58. The fourth-order valence-corrected chi connectivity index (χ4v) is 5.60. The van der Waals surface area contributed by atoms with Gasteiger partial charge in [0.2, 0.25) is 15.9 Å². The van der Waals surface area contributed by atoms with E-state index in [1.165, 1.54) is 54.2 Å². The summed E-state index contributed by atoms with van der Waals surface area (Å²) in [4.78, 5) is 29.4. The van der Waals surface area contributed by atoms with E-state index in [1.807, 2.05) is 0 Å². The zero-order chi connectivity index (χ0) is 29.5. The van der Waals surface area contributed by atoms with Crippen molar-refractivity contribution in [1.29, 1.82) is 0 Å². The van der Waals surface area contributed by atoms with Crippen molar-refractivity contribution in [2.45, 2.75) is 38.5 Å². The topological polar surface area (TPSA) is 87.2 Å². The van der Waals surface area contributed by atoms with E-state index in [0.717, 1.165) is 16.4 Å². The summed E-state index contributed by atoms with van der Waals surface area (Å²) >= 11 is 0. The standard InChI is InChI=1S/C27H33F4N3O5S/c1-3-40(37,38)33(14-15-39-2)19-25(35)34(18-20-6-4-9-23(28)16-20)24-10-12-32(13-11-24)26(36)21-7-5-8-22(17-21)27(29,30)31/h4-9,16-17,24H,3,10-15,18-19H2,1-2H3. The third-order valence-corrected chi connectivity index (χ3v) is 8.63. The summed E-state index contributed by atoms with van der Waals surface area (Å²) in [5, 5.41) is 0.